The van der Waals surface area contributed by atoms with E-state index in [1.54, 1.807) is 54.6 Å². The molecule has 5 rings (SSSR count). The highest BCUT2D eigenvalue weighted by Gasteiger charge is 2.25. The van der Waals surface area contributed by atoms with E-state index in [1.807, 2.05) is 4.90 Å². The SMILES string of the molecule is CC1CCN(c2ccc(C(=O)Nc3ccc(-c4nc5cc(Cl)ccc5o4)cc3)cc2[N+](=O)[O-])CC1. The summed E-state index contributed by atoms with van der Waals surface area (Å²) in [5.74, 6) is 0.637. The molecule has 9 heteroatoms. The van der Waals surface area contributed by atoms with Crippen LogP contribution in [0, 0.1) is 16.0 Å². The Kier molecular flexibility index (Phi) is 6.13. The molecule has 1 aliphatic heterocycles. The fourth-order valence-corrected chi connectivity index (χ4v) is 4.42. The van der Waals surface area contributed by atoms with Gasteiger partial charge in [-0.15, -0.1) is 0 Å². The largest absolute Gasteiger partial charge is 0.436 e. The Morgan fingerprint density at radius 3 is 2.57 bits per heavy atom. The summed E-state index contributed by atoms with van der Waals surface area (Å²) in [6, 6.07) is 16.9. The van der Waals surface area contributed by atoms with E-state index in [-0.39, 0.29) is 11.3 Å². The third-order valence-electron chi connectivity index (χ3n) is 6.30. The monoisotopic (exact) mass is 490 g/mol. The molecule has 0 radical (unpaired) electrons. The fraction of sp³-hybridized carbons (Fsp3) is 0.231. The van der Waals surface area contributed by atoms with Crippen molar-refractivity contribution in [3.8, 4) is 11.5 Å². The Labute approximate surface area is 206 Å². The lowest BCUT2D eigenvalue weighted by Crippen LogP contribution is -2.33. The van der Waals surface area contributed by atoms with Crippen molar-refractivity contribution in [2.45, 2.75) is 19.8 Å². The van der Waals surface area contributed by atoms with Crippen LogP contribution in [0.2, 0.25) is 5.02 Å². The van der Waals surface area contributed by atoms with Gasteiger partial charge in [-0.2, -0.15) is 0 Å². The highest BCUT2D eigenvalue weighted by molar-refractivity contribution is 6.31. The van der Waals surface area contributed by atoms with Gasteiger partial charge in [0.1, 0.15) is 11.2 Å². The maximum Gasteiger partial charge on any atom is 0.293 e. The fourth-order valence-electron chi connectivity index (χ4n) is 4.25. The number of hydrogen-bond acceptors (Lipinski definition) is 6. The summed E-state index contributed by atoms with van der Waals surface area (Å²) in [6.07, 6.45) is 1.99. The van der Waals surface area contributed by atoms with Gasteiger partial charge < -0.3 is 14.6 Å². The lowest BCUT2D eigenvalue weighted by atomic mass is 9.98. The molecular weight excluding hydrogens is 468 g/mol. The predicted molar refractivity (Wildman–Crippen MR) is 136 cm³/mol. The molecule has 0 unspecified atom stereocenters. The van der Waals surface area contributed by atoms with Gasteiger partial charge in [0.15, 0.2) is 5.58 Å². The summed E-state index contributed by atoms with van der Waals surface area (Å²) in [7, 11) is 0. The Morgan fingerprint density at radius 1 is 1.11 bits per heavy atom. The van der Waals surface area contributed by atoms with E-state index in [0.29, 0.717) is 39.3 Å². The first-order valence-corrected chi connectivity index (χ1v) is 11.8. The summed E-state index contributed by atoms with van der Waals surface area (Å²) < 4.78 is 5.78. The summed E-state index contributed by atoms with van der Waals surface area (Å²) in [5.41, 5.74) is 3.31. The molecule has 4 aromatic rings. The van der Waals surface area contributed by atoms with Crippen LogP contribution < -0.4 is 10.2 Å². The Morgan fingerprint density at radius 2 is 1.86 bits per heavy atom. The normalized spacial score (nSPS) is 14.3. The van der Waals surface area contributed by atoms with Crippen molar-refractivity contribution in [1.82, 2.24) is 4.98 Å². The van der Waals surface area contributed by atoms with Crippen LogP contribution in [0.15, 0.2) is 65.1 Å². The number of oxazole rings is 1. The second-order valence-corrected chi connectivity index (χ2v) is 9.23. The summed E-state index contributed by atoms with van der Waals surface area (Å²) in [6.45, 7) is 3.73. The summed E-state index contributed by atoms with van der Waals surface area (Å²) >= 11 is 6.01. The van der Waals surface area contributed by atoms with Crippen LogP contribution in [0.5, 0.6) is 0 Å². The summed E-state index contributed by atoms with van der Waals surface area (Å²) in [5, 5.41) is 15.1. The number of nitrogens with one attached hydrogen (secondary N) is 1. The average molecular weight is 491 g/mol. The van der Waals surface area contributed by atoms with Gasteiger partial charge in [0.2, 0.25) is 5.89 Å². The molecule has 0 aliphatic carbocycles. The van der Waals surface area contributed by atoms with Gasteiger partial charge in [-0.05, 0) is 73.4 Å². The number of hydrogen-bond donors (Lipinski definition) is 1. The van der Waals surface area contributed by atoms with Crippen molar-refractivity contribution in [2.75, 3.05) is 23.3 Å². The topological polar surface area (TPSA) is 102 Å². The molecule has 1 amide bonds. The molecular formula is C26H23ClN4O4. The van der Waals surface area contributed by atoms with E-state index in [1.165, 1.54) is 6.07 Å². The van der Waals surface area contributed by atoms with Crippen molar-refractivity contribution in [2.24, 2.45) is 5.92 Å². The van der Waals surface area contributed by atoms with Gasteiger partial charge >= 0.3 is 0 Å². The van der Waals surface area contributed by atoms with Crippen LogP contribution in [-0.2, 0) is 0 Å². The van der Waals surface area contributed by atoms with Crippen molar-refractivity contribution >= 4 is 45.7 Å². The second kappa shape index (κ2) is 9.38. The molecule has 1 saturated heterocycles. The van der Waals surface area contributed by atoms with Crippen molar-refractivity contribution in [1.29, 1.82) is 0 Å². The maximum absolute atomic E-state index is 12.8. The molecule has 35 heavy (non-hydrogen) atoms. The number of halogens is 1. The molecule has 1 N–H and O–H groups in total. The zero-order chi connectivity index (χ0) is 24.5. The number of anilines is 2. The molecule has 1 fully saturated rings. The molecule has 0 saturated carbocycles. The van der Waals surface area contributed by atoms with Gasteiger partial charge in [0.05, 0.1) is 4.92 Å². The molecule has 2 heterocycles. The second-order valence-electron chi connectivity index (χ2n) is 8.79. The van der Waals surface area contributed by atoms with E-state index < -0.39 is 10.8 Å². The van der Waals surface area contributed by atoms with Crippen LogP contribution in [0.4, 0.5) is 17.1 Å². The first-order valence-electron chi connectivity index (χ1n) is 11.4. The lowest BCUT2D eigenvalue weighted by molar-refractivity contribution is -0.384. The van der Waals surface area contributed by atoms with E-state index in [0.717, 1.165) is 31.5 Å². The standard InChI is InChI=1S/C26H23ClN4O4/c1-16-10-12-30(13-11-16)22-8-4-18(14-23(22)31(33)34)25(32)28-20-6-2-17(3-7-20)26-29-21-15-19(27)5-9-24(21)35-26/h2-9,14-16H,10-13H2,1H3,(H,28,32). The predicted octanol–water partition coefficient (Wildman–Crippen LogP) is 6.55. The molecule has 3 aromatic carbocycles. The van der Waals surface area contributed by atoms with Crippen molar-refractivity contribution in [3.05, 3.63) is 81.4 Å². The van der Waals surface area contributed by atoms with Gasteiger partial charge in [-0.1, -0.05) is 18.5 Å². The van der Waals surface area contributed by atoms with Crippen molar-refractivity contribution in [3.63, 3.8) is 0 Å². The van der Waals surface area contributed by atoms with Crippen molar-refractivity contribution < 1.29 is 14.1 Å². The zero-order valence-corrected chi connectivity index (χ0v) is 19.8. The summed E-state index contributed by atoms with van der Waals surface area (Å²) in [4.78, 5) is 30.6. The number of amides is 1. The van der Waals surface area contributed by atoms with Gasteiger partial charge in [-0.3, -0.25) is 14.9 Å². The number of nitro benzene ring substituents is 1. The van der Waals surface area contributed by atoms with Gasteiger partial charge in [0.25, 0.3) is 11.6 Å². The van der Waals surface area contributed by atoms with Crippen LogP contribution >= 0.6 is 11.6 Å². The third kappa shape index (κ3) is 4.83. The third-order valence-corrected chi connectivity index (χ3v) is 6.53. The highest BCUT2D eigenvalue weighted by Crippen LogP contribution is 2.33. The minimum atomic E-state index is -0.424. The molecule has 8 nitrogen and oxygen atoms in total. The van der Waals surface area contributed by atoms with Crippen LogP contribution in [0.1, 0.15) is 30.1 Å². The zero-order valence-electron chi connectivity index (χ0n) is 19.0. The molecule has 0 spiro atoms. The van der Waals surface area contributed by atoms with Crippen LogP contribution in [-0.4, -0.2) is 28.9 Å². The smallest absolute Gasteiger partial charge is 0.293 e. The number of carbonyl (C=O) groups is 1. The molecule has 178 valence electrons. The highest BCUT2D eigenvalue weighted by atomic mass is 35.5. The quantitative estimate of drug-likeness (QED) is 0.251. The number of nitrogens with zero attached hydrogens (tertiary/aromatic N) is 3. The molecule has 1 aromatic heterocycles. The number of nitro groups is 1. The first kappa shape index (κ1) is 22.9. The minimum Gasteiger partial charge on any atom is -0.436 e. The van der Waals surface area contributed by atoms with Gasteiger partial charge in [-0.25, -0.2) is 4.98 Å². The van der Waals surface area contributed by atoms with E-state index in [4.69, 9.17) is 16.0 Å². The molecule has 0 atom stereocenters. The van der Waals surface area contributed by atoms with Crippen LogP contribution in [0.25, 0.3) is 22.6 Å². The Hall–Kier alpha value is -3.91. The number of rotatable bonds is 5. The molecule has 1 aliphatic rings. The minimum absolute atomic E-state index is 0.0568. The van der Waals surface area contributed by atoms with Crippen LogP contribution in [0.3, 0.4) is 0 Å². The maximum atomic E-state index is 12.8. The average Bonchev–Trinajstić information content (AvgIpc) is 3.28. The Balaban J connectivity index is 1.32. The lowest BCUT2D eigenvalue weighted by Gasteiger charge is -2.31. The number of carbonyl (C=O) groups excluding carboxylic acids is 1. The number of piperidine rings is 1. The van der Waals surface area contributed by atoms with E-state index >= 15 is 0 Å². The molecule has 0 bridgehead atoms. The van der Waals surface area contributed by atoms with E-state index in [9.17, 15) is 14.9 Å². The number of benzene rings is 3. The number of aromatic nitrogens is 1. The number of fused-ring (bicyclic) bond motifs is 1. The van der Waals surface area contributed by atoms with Gasteiger partial charge in [0, 0.05) is 41.0 Å². The Bertz CT molecular complexity index is 1410. The first-order chi connectivity index (χ1) is 16.9. The van der Waals surface area contributed by atoms with E-state index in [2.05, 4.69) is 17.2 Å².